The Kier molecular flexibility index (Phi) is 7.97. The van der Waals surface area contributed by atoms with Crippen molar-refractivity contribution < 1.29 is 23.0 Å². The molecule has 0 atom stereocenters. The average molecular weight is 185 g/mol. The van der Waals surface area contributed by atoms with Gasteiger partial charge in [-0.2, -0.15) is 0 Å². The number of likely N-dealkylation sites (N-methyl/N-ethyl adjacent to an activating group) is 1. The van der Waals surface area contributed by atoms with Gasteiger partial charge in [-0.25, -0.2) is 8.42 Å². The maximum Gasteiger partial charge on any atom is 0.100 e. The Morgan fingerprint density at radius 1 is 1.45 bits per heavy atom. The topological polar surface area (TPSA) is 81.9 Å². The summed E-state index contributed by atoms with van der Waals surface area (Å²) in [7, 11) is 0.104. The second-order valence-electron chi connectivity index (χ2n) is 2.38. The molecule has 0 bridgehead atoms. The van der Waals surface area contributed by atoms with Crippen LogP contribution in [0, 0.1) is 0 Å². The van der Waals surface area contributed by atoms with E-state index in [1.54, 1.807) is 0 Å². The number of nitrogens with one attached hydrogen (secondary N) is 1. The van der Waals surface area contributed by atoms with Gasteiger partial charge in [-0.1, -0.05) is 0 Å². The van der Waals surface area contributed by atoms with Gasteiger partial charge in [0, 0.05) is 6.26 Å². The molecule has 0 spiro atoms. The smallest absolute Gasteiger partial charge is 0.100 e. The predicted molar refractivity (Wildman–Crippen MR) is 40.4 cm³/mol. The first-order valence-corrected chi connectivity index (χ1v) is 4.89. The predicted octanol–water partition coefficient (Wildman–Crippen LogP) is -2.72. The van der Waals surface area contributed by atoms with E-state index in [4.69, 9.17) is 18.1 Å². The Bertz CT molecular complexity index is 155. The van der Waals surface area contributed by atoms with Gasteiger partial charge >= 0.3 is 0 Å². The van der Waals surface area contributed by atoms with Crippen molar-refractivity contribution in [2.24, 2.45) is 0 Å². The zero-order valence-corrected chi connectivity index (χ0v) is 7.81. The lowest BCUT2D eigenvalue weighted by Gasteiger charge is -2.00. The third-order valence-electron chi connectivity index (χ3n) is 0.612. The summed E-state index contributed by atoms with van der Waals surface area (Å²) in [5.74, 6) is 0. The van der Waals surface area contributed by atoms with Crippen LogP contribution in [-0.2, 0) is 10.1 Å². The number of hydrogen-bond acceptors (Lipinski definition) is 4. The van der Waals surface area contributed by atoms with Crippen LogP contribution in [0.4, 0.5) is 0 Å². The van der Waals surface area contributed by atoms with Gasteiger partial charge in [0.2, 0.25) is 0 Å². The Morgan fingerprint density at radius 2 is 1.73 bits per heavy atom. The first-order chi connectivity index (χ1) is 4.77. The first kappa shape index (κ1) is 13.4. The van der Waals surface area contributed by atoms with Crippen molar-refractivity contribution in [3.05, 3.63) is 0 Å². The molecule has 2 N–H and O–H groups in total. The van der Waals surface area contributed by atoms with Crippen molar-refractivity contribution in [1.82, 2.24) is 0 Å². The van der Waals surface area contributed by atoms with Gasteiger partial charge in [-0.15, -0.1) is 0 Å². The van der Waals surface area contributed by atoms with Gasteiger partial charge in [0.15, 0.2) is 0 Å². The standard InChI is InChI=1S/C4H11NO.CH4O3S/c1-5(2)3-4-6;1-5(2,3)4/h6H,3-4H2,1-2H3;1H3,(H,2,3,4). The molecule has 11 heavy (non-hydrogen) atoms. The fraction of sp³-hybridized carbons (Fsp3) is 1.00. The number of quaternary nitrogens is 1. The fourth-order valence-electron chi connectivity index (χ4n) is 0.224. The van der Waals surface area contributed by atoms with Gasteiger partial charge in [0.1, 0.15) is 6.54 Å². The summed E-state index contributed by atoms with van der Waals surface area (Å²) in [5, 5.41) is 8.22. The Balaban J connectivity index is 0. The maximum absolute atomic E-state index is 9.08. The van der Waals surface area contributed by atoms with E-state index in [-0.39, 0.29) is 0 Å². The molecule has 0 heterocycles. The summed E-state index contributed by atoms with van der Waals surface area (Å²) in [6, 6.07) is 0. The lowest BCUT2D eigenvalue weighted by atomic mass is 10.6. The fourth-order valence-corrected chi connectivity index (χ4v) is 0.224. The highest BCUT2D eigenvalue weighted by molar-refractivity contribution is 7.84. The van der Waals surface area contributed by atoms with Gasteiger partial charge in [-0.3, -0.25) is 0 Å². The summed E-state index contributed by atoms with van der Waals surface area (Å²) < 4.78 is 27.2. The van der Waals surface area contributed by atoms with Crippen LogP contribution < -0.4 is 4.90 Å². The van der Waals surface area contributed by atoms with Gasteiger partial charge < -0.3 is 14.6 Å². The van der Waals surface area contributed by atoms with Gasteiger partial charge in [-0.05, 0) is 0 Å². The number of aliphatic hydroxyl groups is 1. The van der Waals surface area contributed by atoms with Gasteiger partial charge in [0.25, 0.3) is 0 Å². The third-order valence-corrected chi connectivity index (χ3v) is 0.612. The number of aliphatic hydroxyl groups excluding tert-OH is 1. The lowest BCUT2D eigenvalue weighted by molar-refractivity contribution is -0.858. The molecule has 0 rings (SSSR count). The zero-order chi connectivity index (χ0) is 9.49. The summed E-state index contributed by atoms with van der Waals surface area (Å²) in [4.78, 5) is 1.29. The maximum atomic E-state index is 9.08. The minimum Gasteiger partial charge on any atom is -0.748 e. The Labute approximate surface area is 67.4 Å². The van der Waals surface area contributed by atoms with Crippen molar-refractivity contribution in [2.45, 2.75) is 0 Å². The molecule has 0 aliphatic rings. The van der Waals surface area contributed by atoms with Gasteiger partial charge in [0.05, 0.1) is 30.8 Å². The summed E-state index contributed by atoms with van der Waals surface area (Å²) in [6.07, 6.45) is 0.604. The molecule has 0 aromatic heterocycles. The summed E-state index contributed by atoms with van der Waals surface area (Å²) in [6.45, 7) is 1.14. The number of hydrogen-bond donors (Lipinski definition) is 2. The highest BCUT2D eigenvalue weighted by Gasteiger charge is 1.84. The van der Waals surface area contributed by atoms with Crippen LogP contribution in [0.5, 0.6) is 0 Å². The molecule has 0 amide bonds. The lowest BCUT2D eigenvalue weighted by Crippen LogP contribution is -3.06. The SMILES string of the molecule is CS(=O)(=O)[O-].C[NH+](C)CCO. The second kappa shape index (κ2) is 6.53. The highest BCUT2D eigenvalue weighted by atomic mass is 32.2. The molecular weight excluding hydrogens is 170 g/mol. The molecule has 0 aliphatic carbocycles. The summed E-state index contributed by atoms with van der Waals surface area (Å²) >= 11 is 0. The molecule has 70 valence electrons. The molecule has 0 saturated carbocycles. The largest absolute Gasteiger partial charge is 0.748 e. The molecule has 6 heteroatoms. The van der Waals surface area contributed by atoms with Crippen molar-refractivity contribution in [2.75, 3.05) is 33.5 Å². The van der Waals surface area contributed by atoms with E-state index >= 15 is 0 Å². The molecule has 0 aliphatic heterocycles. The van der Waals surface area contributed by atoms with E-state index < -0.39 is 10.1 Å². The van der Waals surface area contributed by atoms with Crippen molar-refractivity contribution in [3.63, 3.8) is 0 Å². The van der Waals surface area contributed by atoms with E-state index in [2.05, 4.69) is 0 Å². The Hall–Kier alpha value is -0.170. The summed E-state index contributed by atoms with van der Waals surface area (Å²) in [5.41, 5.74) is 0. The third kappa shape index (κ3) is 75.2. The molecule has 0 fully saturated rings. The van der Waals surface area contributed by atoms with Crippen LogP contribution in [-0.4, -0.2) is 51.6 Å². The van der Waals surface area contributed by atoms with E-state index in [9.17, 15) is 0 Å². The second-order valence-corrected chi connectivity index (χ2v) is 3.79. The molecular formula is C5H15NO4S. The van der Waals surface area contributed by atoms with E-state index in [1.165, 1.54) is 4.90 Å². The van der Waals surface area contributed by atoms with Crippen molar-refractivity contribution in [1.29, 1.82) is 0 Å². The van der Waals surface area contributed by atoms with Crippen LogP contribution >= 0.6 is 0 Å². The van der Waals surface area contributed by atoms with E-state index in [1.807, 2.05) is 14.1 Å². The first-order valence-electron chi connectivity index (χ1n) is 3.08. The highest BCUT2D eigenvalue weighted by Crippen LogP contribution is 1.59. The van der Waals surface area contributed by atoms with E-state index in [0.29, 0.717) is 12.9 Å². The molecule has 0 aromatic rings. The molecule has 5 nitrogen and oxygen atoms in total. The molecule has 0 unspecified atom stereocenters. The van der Waals surface area contributed by atoms with Crippen molar-refractivity contribution >= 4 is 10.1 Å². The van der Waals surface area contributed by atoms with Crippen LogP contribution in [0.3, 0.4) is 0 Å². The zero-order valence-electron chi connectivity index (χ0n) is 6.99. The normalized spacial score (nSPS) is 10.7. The minimum absolute atomic E-state index is 0.294. The molecule has 0 radical (unpaired) electrons. The van der Waals surface area contributed by atoms with Crippen LogP contribution in [0.25, 0.3) is 0 Å². The van der Waals surface area contributed by atoms with E-state index in [0.717, 1.165) is 6.54 Å². The van der Waals surface area contributed by atoms with Crippen molar-refractivity contribution in [3.8, 4) is 0 Å². The van der Waals surface area contributed by atoms with Crippen LogP contribution in [0.15, 0.2) is 0 Å². The molecule has 0 aromatic carbocycles. The average Bonchev–Trinajstić information content (AvgIpc) is 1.58. The Morgan fingerprint density at radius 3 is 1.73 bits per heavy atom. The number of rotatable bonds is 2. The quantitative estimate of drug-likeness (QED) is 0.458. The van der Waals surface area contributed by atoms with Crippen LogP contribution in [0.2, 0.25) is 0 Å². The minimum atomic E-state index is -3.92. The molecule has 0 saturated heterocycles. The van der Waals surface area contributed by atoms with Crippen LogP contribution in [0.1, 0.15) is 0 Å². The monoisotopic (exact) mass is 185 g/mol.